The Morgan fingerprint density at radius 2 is 1.81 bits per heavy atom. The minimum atomic E-state index is -0.787. The van der Waals surface area contributed by atoms with E-state index in [9.17, 15) is 14.4 Å². The zero-order chi connectivity index (χ0) is 27.6. The molecule has 0 bridgehead atoms. The Hall–Kier alpha value is -2.22. The summed E-state index contributed by atoms with van der Waals surface area (Å²) >= 11 is 1.61. The first-order valence-electron chi connectivity index (χ1n) is 13.6. The van der Waals surface area contributed by atoms with E-state index in [-0.39, 0.29) is 17.9 Å². The van der Waals surface area contributed by atoms with Gasteiger partial charge in [0.25, 0.3) is 0 Å². The van der Waals surface area contributed by atoms with Crippen molar-refractivity contribution in [3.63, 3.8) is 0 Å². The maximum atomic E-state index is 14.1. The molecule has 208 valence electrons. The number of hydrogen-bond donors (Lipinski definition) is 2. The number of ether oxygens (including phenoxy) is 1. The topological polar surface area (TPSA) is 87.7 Å². The number of amides is 3. The van der Waals surface area contributed by atoms with Crippen LogP contribution in [0.5, 0.6) is 0 Å². The van der Waals surface area contributed by atoms with Gasteiger partial charge in [0.15, 0.2) is 0 Å². The van der Waals surface area contributed by atoms with Crippen molar-refractivity contribution in [2.75, 3.05) is 18.6 Å². The van der Waals surface area contributed by atoms with Crippen LogP contribution >= 0.6 is 11.8 Å². The predicted molar refractivity (Wildman–Crippen MR) is 152 cm³/mol. The number of carbonyl (C=O) groups is 3. The molecule has 2 N–H and O–H groups in total. The van der Waals surface area contributed by atoms with E-state index in [0.29, 0.717) is 25.1 Å². The molecule has 0 radical (unpaired) electrons. The highest BCUT2D eigenvalue weighted by Gasteiger charge is 2.37. The van der Waals surface area contributed by atoms with E-state index in [1.54, 1.807) is 37.4 Å². The van der Waals surface area contributed by atoms with Crippen molar-refractivity contribution in [2.24, 2.45) is 0 Å². The summed E-state index contributed by atoms with van der Waals surface area (Å²) in [4.78, 5) is 42.3. The monoisotopic (exact) mass is 533 g/mol. The molecule has 0 aromatic heterocycles. The Kier molecular flexibility index (Phi) is 12.3. The lowest BCUT2D eigenvalue weighted by Crippen LogP contribution is -2.54. The molecule has 1 aliphatic carbocycles. The van der Waals surface area contributed by atoms with Crippen LogP contribution in [-0.4, -0.2) is 59.0 Å². The van der Waals surface area contributed by atoms with Crippen LogP contribution in [0.3, 0.4) is 0 Å². The smallest absolute Gasteiger partial charge is 0.408 e. The van der Waals surface area contributed by atoms with Crippen molar-refractivity contribution < 1.29 is 19.1 Å². The Morgan fingerprint density at radius 3 is 2.38 bits per heavy atom. The number of alkyl carbamates (subject to hydrolysis) is 1. The number of carbonyl (C=O) groups excluding carboxylic acids is 3. The van der Waals surface area contributed by atoms with Crippen molar-refractivity contribution in [1.29, 1.82) is 0 Å². The van der Waals surface area contributed by atoms with Gasteiger partial charge in [-0.15, -0.1) is 0 Å². The normalized spacial score (nSPS) is 16.0. The highest BCUT2D eigenvalue weighted by atomic mass is 32.2. The Balaban J connectivity index is 2.44. The average molecular weight is 534 g/mol. The van der Waals surface area contributed by atoms with E-state index in [0.717, 1.165) is 42.4 Å². The maximum Gasteiger partial charge on any atom is 0.408 e. The first-order chi connectivity index (χ1) is 17.5. The largest absolute Gasteiger partial charge is 0.444 e. The Labute approximate surface area is 227 Å². The third kappa shape index (κ3) is 9.87. The molecule has 8 heteroatoms. The lowest BCUT2D eigenvalue weighted by Gasteiger charge is -2.36. The molecule has 7 nitrogen and oxygen atoms in total. The van der Waals surface area contributed by atoms with E-state index < -0.39 is 23.8 Å². The Bertz CT molecular complexity index is 909. The summed E-state index contributed by atoms with van der Waals surface area (Å²) in [5, 5.41) is 6.06. The standard InChI is InChI=1S/C29H47N3O4S/c1-8-17-32(27(34)24(16-18-37-7)31-28(35)36-29(4,5)6)25(23-15-14-20(2)19-21(23)3)26(33)30-22-12-10-9-11-13-22/h14-15,19,22,24-25H,8-13,16-18H2,1-7H3,(H,30,33)(H,31,35). The van der Waals surface area contributed by atoms with Gasteiger partial charge in [-0.1, -0.05) is 49.9 Å². The van der Waals surface area contributed by atoms with Gasteiger partial charge >= 0.3 is 6.09 Å². The molecule has 0 aliphatic heterocycles. The molecule has 0 spiro atoms. The maximum absolute atomic E-state index is 14.1. The van der Waals surface area contributed by atoms with Crippen LogP contribution in [0.15, 0.2) is 18.2 Å². The van der Waals surface area contributed by atoms with Crippen LogP contribution < -0.4 is 10.6 Å². The van der Waals surface area contributed by atoms with Crippen molar-refractivity contribution in [1.82, 2.24) is 15.5 Å². The summed E-state index contributed by atoms with van der Waals surface area (Å²) in [5.41, 5.74) is 2.22. The lowest BCUT2D eigenvalue weighted by atomic mass is 9.93. The second-order valence-electron chi connectivity index (χ2n) is 11.1. The number of nitrogens with zero attached hydrogens (tertiary/aromatic N) is 1. The molecule has 0 saturated heterocycles. The zero-order valence-corrected chi connectivity index (χ0v) is 24.6. The number of nitrogens with one attached hydrogen (secondary N) is 2. The summed E-state index contributed by atoms with van der Waals surface area (Å²) in [6, 6.07) is 4.57. The molecule has 1 aliphatic rings. The molecule has 2 atom stereocenters. The van der Waals surface area contributed by atoms with Gasteiger partial charge in [-0.05, 0) is 83.4 Å². The van der Waals surface area contributed by atoms with Crippen molar-refractivity contribution in [3.8, 4) is 0 Å². The summed E-state index contributed by atoms with van der Waals surface area (Å²) < 4.78 is 5.46. The van der Waals surface area contributed by atoms with Gasteiger partial charge in [-0.3, -0.25) is 9.59 Å². The minimum Gasteiger partial charge on any atom is -0.444 e. The first-order valence-corrected chi connectivity index (χ1v) is 15.0. The highest BCUT2D eigenvalue weighted by molar-refractivity contribution is 7.98. The summed E-state index contributed by atoms with van der Waals surface area (Å²) in [6.07, 6.45) is 7.80. The van der Waals surface area contributed by atoms with Crippen LogP contribution in [0.2, 0.25) is 0 Å². The van der Waals surface area contributed by atoms with Crippen LogP contribution in [0.1, 0.15) is 95.4 Å². The average Bonchev–Trinajstić information content (AvgIpc) is 2.81. The fourth-order valence-electron chi connectivity index (χ4n) is 4.86. The fourth-order valence-corrected chi connectivity index (χ4v) is 5.33. The second-order valence-corrected chi connectivity index (χ2v) is 12.1. The van der Waals surface area contributed by atoms with Crippen LogP contribution in [0, 0.1) is 13.8 Å². The molecule has 1 aromatic rings. The number of benzene rings is 1. The van der Waals surface area contributed by atoms with E-state index in [2.05, 4.69) is 16.7 Å². The molecule has 2 unspecified atom stereocenters. The molecular formula is C29H47N3O4S. The van der Waals surface area contributed by atoms with Crippen molar-refractivity contribution in [2.45, 2.75) is 110 Å². The molecule has 1 aromatic carbocycles. The molecule has 1 fully saturated rings. The summed E-state index contributed by atoms with van der Waals surface area (Å²) in [6.45, 7) is 11.8. The number of thioether (sulfide) groups is 1. The van der Waals surface area contributed by atoms with Gasteiger partial charge < -0.3 is 20.3 Å². The van der Waals surface area contributed by atoms with Gasteiger partial charge in [0.2, 0.25) is 11.8 Å². The molecular weight excluding hydrogens is 486 g/mol. The highest BCUT2D eigenvalue weighted by Crippen LogP contribution is 2.28. The molecule has 3 amide bonds. The molecule has 37 heavy (non-hydrogen) atoms. The molecule has 1 saturated carbocycles. The quantitative estimate of drug-likeness (QED) is 0.382. The fraction of sp³-hybridized carbons (Fsp3) is 0.690. The van der Waals surface area contributed by atoms with Crippen molar-refractivity contribution in [3.05, 3.63) is 34.9 Å². The van der Waals surface area contributed by atoms with Crippen LogP contribution in [0.25, 0.3) is 0 Å². The third-order valence-electron chi connectivity index (χ3n) is 6.58. The van der Waals surface area contributed by atoms with E-state index in [1.165, 1.54) is 6.42 Å². The lowest BCUT2D eigenvalue weighted by molar-refractivity contribution is -0.143. The van der Waals surface area contributed by atoms with Gasteiger partial charge in [-0.2, -0.15) is 11.8 Å². The molecule has 2 rings (SSSR count). The number of hydrogen-bond acceptors (Lipinski definition) is 5. The van der Waals surface area contributed by atoms with Crippen LogP contribution in [0.4, 0.5) is 4.79 Å². The van der Waals surface area contributed by atoms with E-state index in [1.807, 2.05) is 39.2 Å². The zero-order valence-electron chi connectivity index (χ0n) is 23.8. The van der Waals surface area contributed by atoms with Gasteiger partial charge in [0.1, 0.15) is 17.7 Å². The van der Waals surface area contributed by atoms with E-state index in [4.69, 9.17) is 4.74 Å². The SMILES string of the molecule is CCCN(C(=O)C(CCSC)NC(=O)OC(C)(C)C)C(C(=O)NC1CCCCC1)c1ccc(C)cc1C. The number of rotatable bonds is 11. The second kappa shape index (κ2) is 14.6. The minimum absolute atomic E-state index is 0.125. The van der Waals surface area contributed by atoms with Gasteiger partial charge in [0.05, 0.1) is 0 Å². The van der Waals surface area contributed by atoms with Crippen LogP contribution in [-0.2, 0) is 14.3 Å². The van der Waals surface area contributed by atoms with Gasteiger partial charge in [-0.25, -0.2) is 4.79 Å². The molecule has 0 heterocycles. The van der Waals surface area contributed by atoms with Gasteiger partial charge in [0, 0.05) is 12.6 Å². The summed E-state index contributed by atoms with van der Waals surface area (Å²) in [7, 11) is 0. The third-order valence-corrected chi connectivity index (χ3v) is 7.22. The number of aryl methyl sites for hydroxylation is 2. The summed E-state index contributed by atoms with van der Waals surface area (Å²) in [5.74, 6) is 0.279. The van der Waals surface area contributed by atoms with Crippen molar-refractivity contribution >= 4 is 29.7 Å². The first kappa shape index (κ1) is 31.0. The predicted octanol–water partition coefficient (Wildman–Crippen LogP) is 5.68. The Morgan fingerprint density at radius 1 is 1.14 bits per heavy atom. The van der Waals surface area contributed by atoms with E-state index >= 15 is 0 Å².